The summed E-state index contributed by atoms with van der Waals surface area (Å²) in [5.74, 6) is 0. The van der Waals surface area contributed by atoms with Crippen LogP contribution in [0.5, 0.6) is 0 Å². The van der Waals surface area contributed by atoms with Gasteiger partial charge in [0, 0.05) is 37.6 Å². The third-order valence-electron chi connectivity index (χ3n) is 8.33. The van der Waals surface area contributed by atoms with Crippen molar-refractivity contribution in [3.8, 4) is 5.69 Å². The summed E-state index contributed by atoms with van der Waals surface area (Å²) in [6, 6.07) is 16.1. The van der Waals surface area contributed by atoms with Crippen molar-refractivity contribution < 1.29 is 14.4 Å². The van der Waals surface area contributed by atoms with Crippen molar-refractivity contribution in [2.24, 2.45) is 0 Å². The zero-order valence-corrected chi connectivity index (χ0v) is 23.2. The fourth-order valence-electron chi connectivity index (χ4n) is 4.85. The Kier molecular flexibility index (Phi) is 6.92. The molecule has 0 aliphatic carbocycles. The summed E-state index contributed by atoms with van der Waals surface area (Å²) in [4.78, 5) is 17.5. The van der Waals surface area contributed by atoms with Gasteiger partial charge in [-0.15, -0.1) is 0 Å². The van der Waals surface area contributed by atoms with E-state index in [1.165, 1.54) is 21.3 Å². The first-order valence-electron chi connectivity index (χ1n) is 13.4. The Bertz CT molecular complexity index is 1290. The van der Waals surface area contributed by atoms with Crippen LogP contribution in [0, 0.1) is 0 Å². The molecule has 9 nitrogen and oxygen atoms in total. The summed E-state index contributed by atoms with van der Waals surface area (Å²) in [6.45, 7) is 15.4. The van der Waals surface area contributed by atoms with E-state index in [2.05, 4.69) is 66.9 Å². The Morgan fingerprint density at radius 2 is 1.26 bits per heavy atom. The van der Waals surface area contributed by atoms with Gasteiger partial charge in [-0.1, -0.05) is 12.1 Å². The van der Waals surface area contributed by atoms with Gasteiger partial charge in [0.2, 0.25) is 0 Å². The number of anilines is 2. The van der Waals surface area contributed by atoms with Crippen molar-refractivity contribution in [2.45, 2.75) is 64.9 Å². The summed E-state index contributed by atoms with van der Waals surface area (Å²) < 4.78 is 15.2. The summed E-state index contributed by atoms with van der Waals surface area (Å²) in [7, 11) is -0.347. The molecule has 3 aromatic rings. The lowest BCUT2D eigenvalue weighted by atomic mass is 9.79. The second-order valence-electron chi connectivity index (χ2n) is 11.4. The molecule has 2 atom stereocenters. The molecule has 202 valence electrons. The van der Waals surface area contributed by atoms with Crippen LogP contribution in [0.25, 0.3) is 5.69 Å². The lowest BCUT2D eigenvalue weighted by Crippen LogP contribution is -2.46. The Labute approximate surface area is 224 Å². The van der Waals surface area contributed by atoms with Crippen molar-refractivity contribution in [1.29, 1.82) is 0 Å². The molecule has 2 aromatic carbocycles. The van der Waals surface area contributed by atoms with Crippen LogP contribution in [0.4, 0.5) is 11.4 Å². The van der Waals surface area contributed by atoms with Crippen LogP contribution in [0.15, 0.2) is 59.7 Å². The number of rotatable bonds is 6. The quantitative estimate of drug-likeness (QED) is 0.502. The van der Waals surface area contributed by atoms with Crippen LogP contribution in [-0.4, -0.2) is 70.1 Å². The van der Waals surface area contributed by atoms with Gasteiger partial charge in [-0.05, 0) is 83.4 Å². The number of hydrogen-bond acceptors (Lipinski definition) is 7. The molecule has 3 heterocycles. The van der Waals surface area contributed by atoms with Gasteiger partial charge in [0.1, 0.15) is 6.33 Å². The molecular formula is C28H38BN5O4. The Morgan fingerprint density at radius 1 is 0.816 bits per heavy atom. The lowest BCUT2D eigenvalue weighted by Gasteiger charge is -2.37. The van der Waals surface area contributed by atoms with E-state index >= 15 is 0 Å². The van der Waals surface area contributed by atoms with E-state index in [1.807, 2.05) is 24.3 Å². The molecule has 10 heteroatoms. The molecule has 0 bridgehead atoms. The maximum atomic E-state index is 12.7. The molecule has 0 saturated carbocycles. The molecule has 2 saturated heterocycles. The van der Waals surface area contributed by atoms with E-state index in [0.717, 1.165) is 43.0 Å². The predicted molar refractivity (Wildman–Crippen MR) is 151 cm³/mol. The van der Waals surface area contributed by atoms with Crippen molar-refractivity contribution in [3.05, 3.63) is 65.3 Å². The third-order valence-corrected chi connectivity index (χ3v) is 8.33. The second-order valence-corrected chi connectivity index (χ2v) is 11.4. The maximum absolute atomic E-state index is 12.7. The molecule has 38 heavy (non-hydrogen) atoms. The van der Waals surface area contributed by atoms with E-state index in [9.17, 15) is 9.90 Å². The van der Waals surface area contributed by atoms with Gasteiger partial charge >= 0.3 is 12.8 Å². The van der Waals surface area contributed by atoms with Crippen LogP contribution in [-0.2, 0) is 9.31 Å². The van der Waals surface area contributed by atoms with Crippen LogP contribution in [0.2, 0.25) is 0 Å². The predicted octanol–water partition coefficient (Wildman–Crippen LogP) is 2.60. The van der Waals surface area contributed by atoms with Crippen LogP contribution < -0.4 is 21.0 Å². The minimum absolute atomic E-state index is 0.260. The lowest BCUT2D eigenvalue weighted by molar-refractivity contribution is 0.00578. The highest BCUT2D eigenvalue weighted by Gasteiger charge is 2.51. The Hall–Kier alpha value is -3.08. The van der Waals surface area contributed by atoms with Crippen molar-refractivity contribution in [1.82, 2.24) is 14.3 Å². The van der Waals surface area contributed by atoms with Crippen molar-refractivity contribution in [3.63, 3.8) is 0 Å². The molecule has 2 aliphatic rings. The number of hydrogen-bond donors (Lipinski definition) is 1. The van der Waals surface area contributed by atoms with Crippen LogP contribution in [0.1, 0.15) is 47.6 Å². The Balaban J connectivity index is 1.20. The monoisotopic (exact) mass is 519 g/mol. The van der Waals surface area contributed by atoms with Crippen LogP contribution >= 0.6 is 0 Å². The maximum Gasteiger partial charge on any atom is 0.494 e. The fourth-order valence-corrected chi connectivity index (χ4v) is 4.85. The summed E-state index contributed by atoms with van der Waals surface area (Å²) in [6.07, 6.45) is 0.845. The molecule has 2 unspecified atom stereocenters. The van der Waals surface area contributed by atoms with Gasteiger partial charge in [0.05, 0.1) is 29.0 Å². The molecule has 0 amide bonds. The number of benzene rings is 2. The standard InChI is InChI=1S/C28H38BN5O4/c1-20(21(2)35)34-26(36)33(19-30-34)25-13-11-24(12-14-25)32-17-15-31(16-18-32)23-9-7-22(8-10-23)29-37-27(3,4)28(5,6)38-29/h7-14,19-21,35H,15-18H2,1-6H3. The summed E-state index contributed by atoms with van der Waals surface area (Å²) in [5, 5.41) is 14.0. The average molecular weight is 519 g/mol. The summed E-state index contributed by atoms with van der Waals surface area (Å²) >= 11 is 0. The molecular weight excluding hydrogens is 481 g/mol. The molecule has 5 rings (SSSR count). The van der Waals surface area contributed by atoms with Gasteiger partial charge < -0.3 is 24.2 Å². The first-order chi connectivity index (χ1) is 18.0. The number of aliphatic hydroxyl groups excluding tert-OH is 1. The molecule has 1 N–H and O–H groups in total. The van der Waals surface area contributed by atoms with Crippen molar-refractivity contribution >= 4 is 24.0 Å². The van der Waals surface area contributed by atoms with E-state index in [1.54, 1.807) is 13.8 Å². The SMILES string of the molecule is CC(O)C(C)n1ncn(-c2ccc(N3CCN(c4ccc(B5OC(C)(C)C(C)(C)O5)cc4)CC3)cc2)c1=O. The smallest absolute Gasteiger partial charge is 0.399 e. The molecule has 0 radical (unpaired) electrons. The number of aromatic nitrogens is 3. The molecule has 0 spiro atoms. The fraction of sp³-hybridized carbons (Fsp3) is 0.500. The zero-order chi connectivity index (χ0) is 27.2. The first-order valence-corrected chi connectivity index (χ1v) is 13.4. The van der Waals surface area contributed by atoms with Crippen LogP contribution in [0.3, 0.4) is 0 Å². The van der Waals surface area contributed by atoms with E-state index in [0.29, 0.717) is 0 Å². The highest BCUT2D eigenvalue weighted by atomic mass is 16.7. The van der Waals surface area contributed by atoms with Gasteiger partial charge in [-0.2, -0.15) is 5.10 Å². The minimum atomic E-state index is -0.662. The van der Waals surface area contributed by atoms with Gasteiger partial charge in [0.15, 0.2) is 0 Å². The number of aliphatic hydroxyl groups is 1. The number of nitrogens with zero attached hydrogens (tertiary/aromatic N) is 5. The third kappa shape index (κ3) is 4.88. The normalized spacial score (nSPS) is 20.6. The van der Waals surface area contributed by atoms with Gasteiger partial charge in [0.25, 0.3) is 0 Å². The Morgan fingerprint density at radius 3 is 1.74 bits per heavy atom. The van der Waals surface area contributed by atoms with E-state index < -0.39 is 6.10 Å². The van der Waals surface area contributed by atoms with E-state index in [-0.39, 0.29) is 30.1 Å². The average Bonchev–Trinajstić information content (AvgIpc) is 3.38. The van der Waals surface area contributed by atoms with Crippen molar-refractivity contribution in [2.75, 3.05) is 36.0 Å². The minimum Gasteiger partial charge on any atom is -0.399 e. The highest BCUT2D eigenvalue weighted by Crippen LogP contribution is 2.36. The topological polar surface area (TPSA) is 85.0 Å². The summed E-state index contributed by atoms with van der Waals surface area (Å²) in [5.41, 5.74) is 3.16. The highest BCUT2D eigenvalue weighted by molar-refractivity contribution is 6.62. The molecule has 1 aromatic heterocycles. The number of piperazine rings is 1. The van der Waals surface area contributed by atoms with Gasteiger partial charge in [-0.3, -0.25) is 0 Å². The zero-order valence-electron chi connectivity index (χ0n) is 23.2. The largest absolute Gasteiger partial charge is 0.494 e. The molecule has 2 fully saturated rings. The van der Waals surface area contributed by atoms with E-state index in [4.69, 9.17) is 9.31 Å². The van der Waals surface area contributed by atoms with Gasteiger partial charge in [-0.25, -0.2) is 14.0 Å². The first kappa shape index (κ1) is 26.5. The second kappa shape index (κ2) is 9.91. The molecule has 2 aliphatic heterocycles.